The van der Waals surface area contributed by atoms with Crippen molar-refractivity contribution in [2.24, 2.45) is 0 Å². The van der Waals surface area contributed by atoms with E-state index in [1.165, 1.54) is 0 Å². The van der Waals surface area contributed by atoms with Gasteiger partial charge in [0, 0.05) is 35.8 Å². The van der Waals surface area contributed by atoms with E-state index in [0.29, 0.717) is 17.6 Å². The zero-order valence-corrected chi connectivity index (χ0v) is 14.4. The second-order valence-electron chi connectivity index (χ2n) is 5.62. The van der Waals surface area contributed by atoms with E-state index in [2.05, 4.69) is 19.9 Å². The molecule has 1 aromatic carbocycles. The number of benzene rings is 1. The highest BCUT2D eigenvalue weighted by atomic mass is 16.5. The minimum Gasteiger partial charge on any atom is -0.481 e. The molecule has 26 heavy (non-hydrogen) atoms. The van der Waals surface area contributed by atoms with Gasteiger partial charge in [0.25, 0.3) is 0 Å². The number of methoxy groups -OCH3 is 2. The van der Waals surface area contributed by atoms with Crippen LogP contribution in [0.1, 0.15) is 0 Å². The fourth-order valence-electron chi connectivity index (χ4n) is 2.73. The highest BCUT2D eigenvalue weighted by Gasteiger charge is 2.11. The van der Waals surface area contributed by atoms with Gasteiger partial charge in [-0.2, -0.15) is 4.98 Å². The molecule has 128 valence electrons. The Bertz CT molecular complexity index is 1050. The highest BCUT2D eigenvalue weighted by molar-refractivity contribution is 5.89. The third-order valence-corrected chi connectivity index (χ3v) is 4.05. The van der Waals surface area contributed by atoms with Gasteiger partial charge in [-0.05, 0) is 35.9 Å². The van der Waals surface area contributed by atoms with Crippen molar-refractivity contribution in [3.8, 4) is 34.3 Å². The molecule has 0 unspecified atom stereocenters. The van der Waals surface area contributed by atoms with Gasteiger partial charge in [0.15, 0.2) is 5.82 Å². The Morgan fingerprint density at radius 1 is 0.808 bits per heavy atom. The molecule has 0 aliphatic carbocycles. The van der Waals surface area contributed by atoms with Crippen LogP contribution in [0.4, 0.5) is 0 Å². The van der Waals surface area contributed by atoms with E-state index in [9.17, 15) is 0 Å². The van der Waals surface area contributed by atoms with Gasteiger partial charge in [-0.15, -0.1) is 0 Å². The first-order chi connectivity index (χ1) is 12.8. The van der Waals surface area contributed by atoms with Crippen molar-refractivity contribution in [2.75, 3.05) is 14.2 Å². The predicted octanol–water partition coefficient (Wildman–Crippen LogP) is 3.77. The van der Waals surface area contributed by atoms with Gasteiger partial charge in [0.05, 0.1) is 25.1 Å². The van der Waals surface area contributed by atoms with Gasteiger partial charge >= 0.3 is 0 Å². The van der Waals surface area contributed by atoms with E-state index in [1.807, 2.05) is 42.5 Å². The van der Waals surface area contributed by atoms with Crippen molar-refractivity contribution in [1.82, 2.24) is 19.9 Å². The van der Waals surface area contributed by atoms with Gasteiger partial charge in [-0.25, -0.2) is 9.97 Å². The van der Waals surface area contributed by atoms with E-state index >= 15 is 0 Å². The second-order valence-corrected chi connectivity index (χ2v) is 5.62. The van der Waals surface area contributed by atoms with Crippen LogP contribution in [0.3, 0.4) is 0 Å². The molecule has 0 saturated carbocycles. The molecule has 0 aliphatic rings. The molecule has 3 aromatic heterocycles. The molecule has 0 aliphatic heterocycles. The molecule has 0 N–H and O–H groups in total. The number of fused-ring (bicyclic) bond motifs is 1. The van der Waals surface area contributed by atoms with E-state index < -0.39 is 0 Å². The molecule has 0 saturated heterocycles. The van der Waals surface area contributed by atoms with Crippen LogP contribution in [0.25, 0.3) is 33.4 Å². The summed E-state index contributed by atoms with van der Waals surface area (Å²) in [5, 5.41) is 0.841. The van der Waals surface area contributed by atoms with E-state index in [0.717, 1.165) is 27.6 Å². The maximum absolute atomic E-state index is 5.51. The number of ether oxygens (including phenoxy) is 2. The maximum Gasteiger partial charge on any atom is 0.224 e. The first-order valence-electron chi connectivity index (χ1n) is 8.05. The number of pyridine rings is 2. The lowest BCUT2D eigenvalue weighted by atomic mass is 10.1. The SMILES string of the molecule is COc1ccc(-c2ccc3nc(-c4cccnc4)nc(OC)c3c2)cn1. The standard InChI is InChI=1S/C20H16N4O2/c1-25-18-8-6-14(12-22-18)13-5-7-17-16(10-13)20(26-2)24-19(23-17)15-4-3-9-21-11-15/h3-12H,1-2H3. The van der Waals surface area contributed by atoms with Crippen molar-refractivity contribution in [3.05, 3.63) is 61.1 Å². The molecule has 0 atom stereocenters. The Labute approximate surface area is 150 Å². The van der Waals surface area contributed by atoms with Crippen LogP contribution in [0, 0.1) is 0 Å². The Kier molecular flexibility index (Phi) is 4.15. The number of hydrogen-bond donors (Lipinski definition) is 0. The Balaban J connectivity index is 1.82. The molecule has 6 heteroatoms. The normalized spacial score (nSPS) is 10.7. The number of hydrogen-bond acceptors (Lipinski definition) is 6. The van der Waals surface area contributed by atoms with E-state index in [4.69, 9.17) is 9.47 Å². The topological polar surface area (TPSA) is 70.0 Å². The first kappa shape index (κ1) is 16.0. The fourth-order valence-corrected chi connectivity index (χ4v) is 2.73. The summed E-state index contributed by atoms with van der Waals surface area (Å²) >= 11 is 0. The molecule has 0 bridgehead atoms. The quantitative estimate of drug-likeness (QED) is 0.561. The largest absolute Gasteiger partial charge is 0.481 e. The Morgan fingerprint density at radius 2 is 1.69 bits per heavy atom. The van der Waals surface area contributed by atoms with Crippen molar-refractivity contribution in [1.29, 1.82) is 0 Å². The van der Waals surface area contributed by atoms with Crippen molar-refractivity contribution >= 4 is 10.9 Å². The third kappa shape index (κ3) is 2.93. The van der Waals surface area contributed by atoms with Gasteiger partial charge in [0.2, 0.25) is 11.8 Å². The number of rotatable bonds is 4. The minimum absolute atomic E-state index is 0.525. The highest BCUT2D eigenvalue weighted by Crippen LogP contribution is 2.30. The van der Waals surface area contributed by atoms with E-state index in [-0.39, 0.29) is 0 Å². The monoisotopic (exact) mass is 344 g/mol. The fraction of sp³-hybridized carbons (Fsp3) is 0.100. The number of nitrogens with zero attached hydrogens (tertiary/aromatic N) is 4. The van der Waals surface area contributed by atoms with E-state index in [1.54, 1.807) is 32.8 Å². The summed E-state index contributed by atoms with van der Waals surface area (Å²) in [6.07, 6.45) is 5.23. The predicted molar refractivity (Wildman–Crippen MR) is 99.1 cm³/mol. The van der Waals surface area contributed by atoms with Crippen LogP contribution in [-0.4, -0.2) is 34.2 Å². The van der Waals surface area contributed by atoms with Crippen molar-refractivity contribution < 1.29 is 9.47 Å². The maximum atomic E-state index is 5.51. The van der Waals surface area contributed by atoms with Crippen LogP contribution >= 0.6 is 0 Å². The summed E-state index contributed by atoms with van der Waals surface area (Å²) in [5.74, 6) is 1.69. The first-order valence-corrected chi connectivity index (χ1v) is 8.05. The van der Waals surface area contributed by atoms with Crippen LogP contribution < -0.4 is 9.47 Å². The van der Waals surface area contributed by atoms with Crippen LogP contribution in [-0.2, 0) is 0 Å². The molecule has 3 heterocycles. The summed E-state index contributed by atoms with van der Waals surface area (Å²) in [6.45, 7) is 0. The number of aromatic nitrogens is 4. The molecule has 0 amide bonds. The van der Waals surface area contributed by atoms with Gasteiger partial charge in [-0.3, -0.25) is 4.98 Å². The smallest absolute Gasteiger partial charge is 0.224 e. The molecular weight excluding hydrogens is 328 g/mol. The van der Waals surface area contributed by atoms with Crippen molar-refractivity contribution in [2.45, 2.75) is 0 Å². The molecule has 4 rings (SSSR count). The summed E-state index contributed by atoms with van der Waals surface area (Å²) in [6, 6.07) is 13.5. The average molecular weight is 344 g/mol. The zero-order chi connectivity index (χ0) is 17.9. The zero-order valence-electron chi connectivity index (χ0n) is 14.4. The lowest BCUT2D eigenvalue weighted by Crippen LogP contribution is -1.96. The Morgan fingerprint density at radius 3 is 2.38 bits per heavy atom. The van der Waals surface area contributed by atoms with Gasteiger partial charge in [-0.1, -0.05) is 6.07 Å². The second kappa shape index (κ2) is 6.76. The summed E-state index contributed by atoms with van der Waals surface area (Å²) in [4.78, 5) is 17.6. The lowest BCUT2D eigenvalue weighted by molar-refractivity contribution is 0.398. The van der Waals surface area contributed by atoms with Crippen LogP contribution in [0.2, 0.25) is 0 Å². The molecule has 0 radical (unpaired) electrons. The third-order valence-electron chi connectivity index (χ3n) is 4.05. The minimum atomic E-state index is 0.525. The Hall–Kier alpha value is -3.54. The van der Waals surface area contributed by atoms with Crippen LogP contribution in [0.5, 0.6) is 11.8 Å². The lowest BCUT2D eigenvalue weighted by Gasteiger charge is -2.09. The van der Waals surface area contributed by atoms with Crippen LogP contribution in [0.15, 0.2) is 61.1 Å². The summed E-state index contributed by atoms with van der Waals surface area (Å²) in [5.41, 5.74) is 3.63. The van der Waals surface area contributed by atoms with Crippen molar-refractivity contribution in [3.63, 3.8) is 0 Å². The molecule has 4 aromatic rings. The van der Waals surface area contributed by atoms with Gasteiger partial charge in [0.1, 0.15) is 0 Å². The van der Waals surface area contributed by atoms with Gasteiger partial charge < -0.3 is 9.47 Å². The molecular formula is C20H16N4O2. The molecule has 6 nitrogen and oxygen atoms in total. The average Bonchev–Trinajstić information content (AvgIpc) is 2.73. The molecule has 0 fully saturated rings. The summed E-state index contributed by atoms with van der Waals surface area (Å²) < 4.78 is 10.6. The molecule has 0 spiro atoms. The summed E-state index contributed by atoms with van der Waals surface area (Å²) in [7, 11) is 3.20.